The molecule has 1 rings (SSSR count). The minimum atomic E-state index is -4.37. The molecule has 0 heterocycles. The first-order valence-corrected chi connectivity index (χ1v) is 5.62. The molecule has 1 aromatic carbocycles. The molecule has 0 aliphatic heterocycles. The summed E-state index contributed by atoms with van der Waals surface area (Å²) in [5, 5.41) is 2.60. The van der Waals surface area contributed by atoms with Crippen molar-refractivity contribution in [2.75, 3.05) is 18.5 Å². The van der Waals surface area contributed by atoms with Crippen molar-refractivity contribution in [2.24, 2.45) is 11.7 Å². The standard InChI is InChI=1S/C12H15F3N2O2/c1-8(6-16)11(18)17-9-2-4-10(5-3-9)19-7-12(13,14)15/h2-5,8H,6-7,16H2,1H3,(H,17,18). The Bertz CT molecular complexity index is 418. The molecule has 1 aromatic rings. The monoisotopic (exact) mass is 276 g/mol. The second-order valence-corrected chi connectivity index (χ2v) is 4.05. The fraction of sp³-hybridized carbons (Fsp3) is 0.417. The molecule has 106 valence electrons. The van der Waals surface area contributed by atoms with Crippen LogP contribution in [0.15, 0.2) is 24.3 Å². The molecule has 7 heteroatoms. The van der Waals surface area contributed by atoms with Crippen molar-refractivity contribution in [3.8, 4) is 5.75 Å². The zero-order valence-electron chi connectivity index (χ0n) is 10.3. The molecule has 19 heavy (non-hydrogen) atoms. The van der Waals surface area contributed by atoms with Crippen molar-refractivity contribution in [3.05, 3.63) is 24.3 Å². The lowest BCUT2D eigenvalue weighted by molar-refractivity contribution is -0.153. The summed E-state index contributed by atoms with van der Waals surface area (Å²) in [6.07, 6.45) is -4.37. The molecule has 3 N–H and O–H groups in total. The normalized spacial score (nSPS) is 12.9. The van der Waals surface area contributed by atoms with Crippen molar-refractivity contribution in [1.82, 2.24) is 0 Å². The number of nitrogens with one attached hydrogen (secondary N) is 1. The Hall–Kier alpha value is -1.76. The summed E-state index contributed by atoms with van der Waals surface area (Å²) in [7, 11) is 0. The van der Waals surface area contributed by atoms with Crippen LogP contribution in [0.25, 0.3) is 0 Å². The van der Waals surface area contributed by atoms with Crippen LogP contribution in [0.5, 0.6) is 5.75 Å². The molecule has 4 nitrogen and oxygen atoms in total. The van der Waals surface area contributed by atoms with Gasteiger partial charge in [-0.1, -0.05) is 6.92 Å². The maximum atomic E-state index is 11.9. The number of halogens is 3. The SMILES string of the molecule is CC(CN)C(=O)Nc1ccc(OCC(F)(F)F)cc1. The van der Waals surface area contributed by atoms with Crippen LogP contribution in [0.2, 0.25) is 0 Å². The molecule has 1 atom stereocenters. The van der Waals surface area contributed by atoms with E-state index in [1.807, 2.05) is 0 Å². The van der Waals surface area contributed by atoms with Crippen LogP contribution in [0.3, 0.4) is 0 Å². The van der Waals surface area contributed by atoms with Crippen molar-refractivity contribution in [2.45, 2.75) is 13.1 Å². The number of carbonyl (C=O) groups excluding carboxylic acids is 1. The topological polar surface area (TPSA) is 64.4 Å². The largest absolute Gasteiger partial charge is 0.484 e. The summed E-state index contributed by atoms with van der Waals surface area (Å²) in [5.74, 6) is -0.491. The highest BCUT2D eigenvalue weighted by Gasteiger charge is 2.28. The van der Waals surface area contributed by atoms with Gasteiger partial charge in [-0.2, -0.15) is 13.2 Å². The third-order valence-corrected chi connectivity index (χ3v) is 2.33. The maximum Gasteiger partial charge on any atom is 0.422 e. The summed E-state index contributed by atoms with van der Waals surface area (Å²) in [6.45, 7) is 0.553. The Kier molecular flexibility index (Phi) is 5.17. The number of hydrogen-bond acceptors (Lipinski definition) is 3. The molecule has 1 amide bonds. The summed E-state index contributed by atoms with van der Waals surface area (Å²) >= 11 is 0. The van der Waals surface area contributed by atoms with Gasteiger partial charge < -0.3 is 15.8 Å². The van der Waals surface area contributed by atoms with Crippen LogP contribution in [0.1, 0.15) is 6.92 Å². The maximum absolute atomic E-state index is 11.9. The van der Waals surface area contributed by atoms with Crippen molar-refractivity contribution < 1.29 is 22.7 Å². The number of amides is 1. The molecule has 0 saturated heterocycles. The number of anilines is 1. The van der Waals surface area contributed by atoms with Gasteiger partial charge in [0.15, 0.2) is 6.61 Å². The van der Waals surface area contributed by atoms with E-state index in [9.17, 15) is 18.0 Å². The van der Waals surface area contributed by atoms with E-state index < -0.39 is 12.8 Å². The predicted octanol–water partition coefficient (Wildman–Crippen LogP) is 2.16. The van der Waals surface area contributed by atoms with Gasteiger partial charge in [0.05, 0.1) is 0 Å². The van der Waals surface area contributed by atoms with Gasteiger partial charge in [0.2, 0.25) is 5.91 Å². The number of benzene rings is 1. The molecule has 0 saturated carbocycles. The van der Waals surface area contributed by atoms with Crippen molar-refractivity contribution in [1.29, 1.82) is 0 Å². The summed E-state index contributed by atoms with van der Waals surface area (Å²) in [5.41, 5.74) is 5.82. The van der Waals surface area contributed by atoms with Crippen LogP contribution in [0.4, 0.5) is 18.9 Å². The number of hydrogen-bond donors (Lipinski definition) is 2. The molecule has 0 aliphatic rings. The first-order chi connectivity index (χ1) is 8.81. The van der Waals surface area contributed by atoms with E-state index in [4.69, 9.17) is 5.73 Å². The molecule has 0 spiro atoms. The number of nitrogens with two attached hydrogens (primary N) is 1. The van der Waals surface area contributed by atoms with Gasteiger partial charge >= 0.3 is 6.18 Å². The molecule has 0 aromatic heterocycles. The summed E-state index contributed by atoms with van der Waals surface area (Å²) in [6, 6.07) is 5.64. The molecule has 0 bridgehead atoms. The van der Waals surface area contributed by atoms with Crippen molar-refractivity contribution >= 4 is 11.6 Å². The lowest BCUT2D eigenvalue weighted by Crippen LogP contribution is -2.26. The van der Waals surface area contributed by atoms with Gasteiger partial charge in [-0.3, -0.25) is 4.79 Å². The molecule has 0 fully saturated rings. The average molecular weight is 276 g/mol. The smallest absolute Gasteiger partial charge is 0.422 e. The van der Waals surface area contributed by atoms with Crippen molar-refractivity contribution in [3.63, 3.8) is 0 Å². The van der Waals surface area contributed by atoms with E-state index in [-0.39, 0.29) is 24.1 Å². The first-order valence-electron chi connectivity index (χ1n) is 5.62. The van der Waals surface area contributed by atoms with E-state index in [1.54, 1.807) is 6.92 Å². The van der Waals surface area contributed by atoms with Gasteiger partial charge in [0, 0.05) is 18.2 Å². The lowest BCUT2D eigenvalue weighted by atomic mass is 10.1. The Morgan fingerprint density at radius 1 is 1.37 bits per heavy atom. The number of alkyl halides is 3. The average Bonchev–Trinajstić information content (AvgIpc) is 2.36. The Morgan fingerprint density at radius 2 is 1.95 bits per heavy atom. The Morgan fingerprint density at radius 3 is 2.42 bits per heavy atom. The van der Waals surface area contributed by atoms with E-state index in [0.717, 1.165) is 0 Å². The predicted molar refractivity (Wildman–Crippen MR) is 64.8 cm³/mol. The van der Waals surface area contributed by atoms with Crippen LogP contribution < -0.4 is 15.8 Å². The highest BCUT2D eigenvalue weighted by molar-refractivity contribution is 5.92. The fourth-order valence-electron chi connectivity index (χ4n) is 1.17. The summed E-state index contributed by atoms with van der Waals surface area (Å²) in [4.78, 5) is 11.5. The molecular formula is C12H15F3N2O2. The molecule has 1 unspecified atom stereocenters. The van der Waals surface area contributed by atoms with Gasteiger partial charge in [-0.05, 0) is 24.3 Å². The van der Waals surface area contributed by atoms with Crippen LogP contribution >= 0.6 is 0 Å². The third kappa shape index (κ3) is 5.60. The first kappa shape index (κ1) is 15.3. The molecule has 0 aliphatic carbocycles. The second-order valence-electron chi connectivity index (χ2n) is 4.05. The number of rotatable bonds is 5. The van der Waals surface area contributed by atoms with Gasteiger partial charge in [0.1, 0.15) is 5.75 Å². The Labute approximate surface area is 108 Å². The van der Waals surface area contributed by atoms with E-state index in [1.165, 1.54) is 24.3 Å². The lowest BCUT2D eigenvalue weighted by Gasteiger charge is -2.11. The zero-order chi connectivity index (χ0) is 14.5. The molecule has 0 radical (unpaired) electrons. The highest BCUT2D eigenvalue weighted by Crippen LogP contribution is 2.20. The quantitative estimate of drug-likeness (QED) is 0.866. The van der Waals surface area contributed by atoms with Crippen LogP contribution in [0, 0.1) is 5.92 Å². The van der Waals surface area contributed by atoms with Gasteiger partial charge in [-0.15, -0.1) is 0 Å². The van der Waals surface area contributed by atoms with Gasteiger partial charge in [0.25, 0.3) is 0 Å². The van der Waals surface area contributed by atoms with E-state index in [2.05, 4.69) is 10.1 Å². The number of ether oxygens (including phenoxy) is 1. The van der Waals surface area contributed by atoms with Gasteiger partial charge in [-0.25, -0.2) is 0 Å². The van der Waals surface area contributed by atoms with Crippen LogP contribution in [-0.4, -0.2) is 25.2 Å². The van der Waals surface area contributed by atoms with E-state index >= 15 is 0 Å². The number of carbonyl (C=O) groups is 1. The highest BCUT2D eigenvalue weighted by atomic mass is 19.4. The minimum Gasteiger partial charge on any atom is -0.484 e. The van der Waals surface area contributed by atoms with Crippen LogP contribution in [-0.2, 0) is 4.79 Å². The summed E-state index contributed by atoms with van der Waals surface area (Å²) < 4.78 is 40.3. The second kappa shape index (κ2) is 6.42. The van der Waals surface area contributed by atoms with E-state index in [0.29, 0.717) is 5.69 Å². The fourth-order valence-corrected chi connectivity index (χ4v) is 1.17. The Balaban J connectivity index is 2.54. The minimum absolute atomic E-state index is 0.0854. The molecular weight excluding hydrogens is 261 g/mol. The third-order valence-electron chi connectivity index (χ3n) is 2.33. The zero-order valence-corrected chi connectivity index (χ0v) is 10.3.